The number of hydrogen-bond donors (Lipinski definition) is 1. The van der Waals surface area contributed by atoms with Crippen LogP contribution in [0.4, 0.5) is 0 Å². The van der Waals surface area contributed by atoms with E-state index in [2.05, 4.69) is 15.9 Å². The third kappa shape index (κ3) is 3.73. The maximum Gasteiger partial charge on any atom is 0.337 e. The molecule has 0 heterocycles. The Balaban J connectivity index is 3.42. The van der Waals surface area contributed by atoms with Crippen molar-refractivity contribution in [2.45, 2.75) is 4.90 Å². The standard InChI is InChI=1S/C12H10ClNO5S/c1-3-6-19-14-7-9-10(20(2,17)18)5-4-8(11(9)13)12(15)16/h1,4-5,7H,6H2,2H3,(H,15,16). The number of oxime groups is 1. The monoisotopic (exact) mass is 315 g/mol. The molecule has 106 valence electrons. The lowest BCUT2D eigenvalue weighted by Gasteiger charge is -2.08. The lowest BCUT2D eigenvalue weighted by molar-refractivity contribution is 0.0697. The summed E-state index contributed by atoms with van der Waals surface area (Å²) in [6.45, 7) is -0.110. The van der Waals surface area contributed by atoms with E-state index >= 15 is 0 Å². The summed E-state index contributed by atoms with van der Waals surface area (Å²) >= 11 is 5.90. The molecule has 20 heavy (non-hydrogen) atoms. The van der Waals surface area contributed by atoms with Crippen LogP contribution in [0.2, 0.25) is 5.02 Å². The van der Waals surface area contributed by atoms with Gasteiger partial charge in [0, 0.05) is 11.8 Å². The predicted octanol–water partition coefficient (Wildman–Crippen LogP) is 1.43. The molecule has 0 fully saturated rings. The van der Waals surface area contributed by atoms with E-state index in [-0.39, 0.29) is 27.7 Å². The van der Waals surface area contributed by atoms with Gasteiger partial charge in [0.05, 0.1) is 21.7 Å². The number of carbonyl (C=O) groups is 1. The second-order valence-electron chi connectivity index (χ2n) is 3.63. The maximum atomic E-state index is 11.6. The molecule has 0 atom stereocenters. The van der Waals surface area contributed by atoms with E-state index in [4.69, 9.17) is 23.1 Å². The molecular weight excluding hydrogens is 306 g/mol. The Bertz CT molecular complexity index is 703. The normalized spacial score (nSPS) is 11.2. The molecule has 0 aromatic heterocycles. The van der Waals surface area contributed by atoms with Crippen LogP contribution in [0.5, 0.6) is 0 Å². The van der Waals surface area contributed by atoms with Crippen molar-refractivity contribution in [3.63, 3.8) is 0 Å². The molecular formula is C12H10ClNO5S. The van der Waals surface area contributed by atoms with Crippen molar-refractivity contribution in [3.8, 4) is 12.3 Å². The van der Waals surface area contributed by atoms with Gasteiger partial charge in [0.1, 0.15) is 0 Å². The highest BCUT2D eigenvalue weighted by atomic mass is 35.5. The van der Waals surface area contributed by atoms with E-state index in [0.717, 1.165) is 24.6 Å². The summed E-state index contributed by atoms with van der Waals surface area (Å²) in [6, 6.07) is 2.26. The fraction of sp³-hybridized carbons (Fsp3) is 0.167. The van der Waals surface area contributed by atoms with Gasteiger partial charge >= 0.3 is 5.97 Å². The Morgan fingerprint density at radius 1 is 1.60 bits per heavy atom. The summed E-state index contributed by atoms with van der Waals surface area (Å²) < 4.78 is 23.3. The van der Waals surface area contributed by atoms with Gasteiger partial charge in [-0.3, -0.25) is 0 Å². The zero-order valence-corrected chi connectivity index (χ0v) is 11.9. The molecule has 8 heteroatoms. The van der Waals surface area contributed by atoms with E-state index in [9.17, 15) is 13.2 Å². The first-order valence-corrected chi connectivity index (χ1v) is 7.40. The van der Waals surface area contributed by atoms with Gasteiger partial charge in [0.15, 0.2) is 16.4 Å². The number of terminal acetylenes is 1. The first kappa shape index (κ1) is 16.0. The van der Waals surface area contributed by atoms with Gasteiger partial charge in [-0.05, 0) is 12.1 Å². The van der Waals surface area contributed by atoms with Crippen LogP contribution < -0.4 is 0 Å². The van der Waals surface area contributed by atoms with E-state index in [1.54, 1.807) is 0 Å². The van der Waals surface area contributed by atoms with Crippen molar-refractivity contribution in [1.82, 2.24) is 0 Å². The second kappa shape index (κ2) is 6.41. The number of carboxylic acids is 1. The quantitative estimate of drug-likeness (QED) is 0.384. The number of benzene rings is 1. The smallest absolute Gasteiger partial charge is 0.337 e. The third-order valence-corrected chi connectivity index (χ3v) is 3.74. The van der Waals surface area contributed by atoms with Crippen molar-refractivity contribution >= 4 is 33.6 Å². The molecule has 0 unspecified atom stereocenters. The Morgan fingerprint density at radius 2 is 2.25 bits per heavy atom. The number of sulfone groups is 1. The highest BCUT2D eigenvalue weighted by molar-refractivity contribution is 7.90. The molecule has 0 saturated heterocycles. The van der Waals surface area contributed by atoms with Crippen LogP contribution in [-0.4, -0.2) is 38.6 Å². The minimum Gasteiger partial charge on any atom is -0.478 e. The largest absolute Gasteiger partial charge is 0.478 e. The number of halogens is 1. The number of carboxylic acid groups (broad SMARTS) is 1. The molecule has 1 aromatic carbocycles. The van der Waals surface area contributed by atoms with Gasteiger partial charge in [0.2, 0.25) is 0 Å². The van der Waals surface area contributed by atoms with Crippen molar-refractivity contribution < 1.29 is 23.2 Å². The Labute approximate surface area is 120 Å². The number of rotatable bonds is 5. The zero-order valence-electron chi connectivity index (χ0n) is 10.3. The highest BCUT2D eigenvalue weighted by Crippen LogP contribution is 2.26. The van der Waals surface area contributed by atoms with E-state index in [1.165, 1.54) is 0 Å². The van der Waals surface area contributed by atoms with Gasteiger partial charge in [-0.15, -0.1) is 6.42 Å². The number of hydrogen-bond acceptors (Lipinski definition) is 5. The fourth-order valence-corrected chi connectivity index (χ4v) is 2.57. The highest BCUT2D eigenvalue weighted by Gasteiger charge is 2.20. The first-order valence-electron chi connectivity index (χ1n) is 5.13. The minimum absolute atomic E-state index is 0.0638. The lowest BCUT2D eigenvalue weighted by atomic mass is 10.1. The predicted molar refractivity (Wildman–Crippen MR) is 73.9 cm³/mol. The van der Waals surface area contributed by atoms with Crippen LogP contribution in [-0.2, 0) is 14.7 Å². The zero-order chi connectivity index (χ0) is 15.3. The SMILES string of the molecule is C#CCON=Cc1c(S(C)(=O)=O)ccc(C(=O)O)c1Cl. The summed E-state index contributed by atoms with van der Waals surface area (Å²) in [7, 11) is -3.61. The summed E-state index contributed by atoms with van der Waals surface area (Å²) in [5, 5.41) is 12.2. The summed E-state index contributed by atoms with van der Waals surface area (Å²) in [5.74, 6) is 0.879. The van der Waals surface area contributed by atoms with Gasteiger partial charge in [-0.25, -0.2) is 13.2 Å². The summed E-state index contributed by atoms with van der Waals surface area (Å²) in [5.41, 5.74) is -0.302. The van der Waals surface area contributed by atoms with Crippen LogP contribution in [0.1, 0.15) is 15.9 Å². The summed E-state index contributed by atoms with van der Waals surface area (Å²) in [4.78, 5) is 15.5. The molecule has 0 aliphatic carbocycles. The average Bonchev–Trinajstić information content (AvgIpc) is 2.34. The first-order chi connectivity index (χ1) is 9.29. The molecule has 0 aliphatic heterocycles. The van der Waals surface area contributed by atoms with Gasteiger partial charge in [-0.1, -0.05) is 22.7 Å². The molecule has 0 amide bonds. The topological polar surface area (TPSA) is 93.0 Å². The Morgan fingerprint density at radius 3 is 2.75 bits per heavy atom. The van der Waals surface area contributed by atoms with E-state index in [1.807, 2.05) is 0 Å². The van der Waals surface area contributed by atoms with Gasteiger partial charge in [0.25, 0.3) is 0 Å². The molecule has 0 aliphatic rings. The molecule has 1 aromatic rings. The molecule has 0 saturated carbocycles. The van der Waals surface area contributed by atoms with Crippen molar-refractivity contribution in [2.75, 3.05) is 12.9 Å². The van der Waals surface area contributed by atoms with Crippen molar-refractivity contribution in [1.29, 1.82) is 0 Å². The molecule has 1 rings (SSSR count). The number of aromatic carboxylic acids is 1. The van der Waals surface area contributed by atoms with Crippen molar-refractivity contribution in [3.05, 3.63) is 28.3 Å². The van der Waals surface area contributed by atoms with Gasteiger partial charge < -0.3 is 9.94 Å². The minimum atomic E-state index is -3.61. The van der Waals surface area contributed by atoms with Crippen LogP contribution in [0.3, 0.4) is 0 Å². The molecule has 0 bridgehead atoms. The fourth-order valence-electron chi connectivity index (χ4n) is 1.35. The third-order valence-electron chi connectivity index (χ3n) is 2.17. The molecule has 6 nitrogen and oxygen atoms in total. The summed E-state index contributed by atoms with van der Waals surface area (Å²) in [6.07, 6.45) is 6.94. The van der Waals surface area contributed by atoms with E-state index in [0.29, 0.717) is 0 Å². The molecule has 0 spiro atoms. The van der Waals surface area contributed by atoms with Crippen molar-refractivity contribution in [2.24, 2.45) is 5.16 Å². The van der Waals surface area contributed by atoms with Crippen LogP contribution in [0.25, 0.3) is 0 Å². The molecule has 1 N–H and O–H groups in total. The average molecular weight is 316 g/mol. The number of nitrogens with zero attached hydrogens (tertiary/aromatic N) is 1. The molecule has 0 radical (unpaired) electrons. The lowest BCUT2D eigenvalue weighted by Crippen LogP contribution is -2.07. The Hall–Kier alpha value is -2.04. The van der Waals surface area contributed by atoms with Crippen LogP contribution in [0.15, 0.2) is 22.2 Å². The van der Waals surface area contributed by atoms with Gasteiger partial charge in [-0.2, -0.15) is 0 Å². The van der Waals surface area contributed by atoms with Crippen LogP contribution >= 0.6 is 11.6 Å². The second-order valence-corrected chi connectivity index (χ2v) is 5.99. The maximum absolute atomic E-state index is 11.6. The van der Waals surface area contributed by atoms with E-state index < -0.39 is 15.8 Å². The Kier molecular flexibility index (Phi) is 5.13. The van der Waals surface area contributed by atoms with Crippen LogP contribution in [0, 0.1) is 12.3 Å².